The Bertz CT molecular complexity index is 1710. The van der Waals surface area contributed by atoms with Crippen LogP contribution in [0.1, 0.15) is 0 Å². The number of hydrogen-bond acceptors (Lipinski definition) is 6. The first-order valence-electron chi connectivity index (χ1n) is 12.2. The fraction of sp³-hybridized carbons (Fsp3) is 0.0645. The number of fused-ring (bicyclic) bond motifs is 1. The van der Waals surface area contributed by atoms with Crippen molar-refractivity contribution >= 4 is 57.1 Å². The van der Waals surface area contributed by atoms with Gasteiger partial charge in [-0.2, -0.15) is 0 Å². The average molecular weight is 571 g/mol. The van der Waals surface area contributed by atoms with Crippen molar-refractivity contribution in [2.45, 2.75) is 0 Å². The number of pyridine rings is 2. The van der Waals surface area contributed by atoms with Crippen LogP contribution in [0.2, 0.25) is 10.0 Å². The molecule has 3 aromatic carbocycles. The zero-order valence-corrected chi connectivity index (χ0v) is 23.2. The minimum Gasteiger partial charge on any atom is -0.495 e. The van der Waals surface area contributed by atoms with Crippen LogP contribution in [0.15, 0.2) is 91.6 Å². The fourth-order valence-electron chi connectivity index (χ4n) is 4.29. The molecule has 0 radical (unpaired) electrons. The summed E-state index contributed by atoms with van der Waals surface area (Å²) in [6, 6.07) is 22.6. The van der Waals surface area contributed by atoms with E-state index in [1.807, 2.05) is 60.7 Å². The van der Waals surface area contributed by atoms with E-state index in [0.29, 0.717) is 55.7 Å². The van der Waals surface area contributed by atoms with Gasteiger partial charge in [-0.15, -0.1) is 0 Å². The number of aromatic nitrogens is 2. The number of carbonyl (C=O) groups is 1. The van der Waals surface area contributed by atoms with Crippen molar-refractivity contribution in [1.82, 2.24) is 9.97 Å². The number of amides is 1. The molecule has 0 bridgehead atoms. The van der Waals surface area contributed by atoms with E-state index >= 15 is 0 Å². The van der Waals surface area contributed by atoms with E-state index in [-0.39, 0.29) is 5.91 Å². The highest BCUT2D eigenvalue weighted by atomic mass is 35.5. The number of hydrogen-bond donors (Lipinski definition) is 2. The summed E-state index contributed by atoms with van der Waals surface area (Å²) in [7, 11) is 3.06. The van der Waals surface area contributed by atoms with Crippen LogP contribution in [0.4, 0.5) is 17.2 Å². The Kier molecular flexibility index (Phi) is 7.86. The van der Waals surface area contributed by atoms with Crippen molar-refractivity contribution in [3.05, 3.63) is 102 Å². The van der Waals surface area contributed by atoms with Crippen molar-refractivity contribution in [2.75, 3.05) is 24.9 Å². The zero-order chi connectivity index (χ0) is 28.2. The van der Waals surface area contributed by atoms with Crippen LogP contribution in [-0.4, -0.2) is 30.1 Å². The number of ether oxygens (including phenoxy) is 2. The van der Waals surface area contributed by atoms with Crippen molar-refractivity contribution < 1.29 is 14.3 Å². The van der Waals surface area contributed by atoms with Gasteiger partial charge in [-0.3, -0.25) is 4.79 Å². The number of rotatable bonds is 8. The van der Waals surface area contributed by atoms with E-state index in [9.17, 15) is 4.79 Å². The Morgan fingerprint density at radius 3 is 2.20 bits per heavy atom. The first kappa shape index (κ1) is 27.0. The monoisotopic (exact) mass is 570 g/mol. The maximum atomic E-state index is 11.9. The molecule has 0 saturated heterocycles. The van der Waals surface area contributed by atoms with Gasteiger partial charge in [0.05, 0.1) is 47.0 Å². The highest BCUT2D eigenvalue weighted by molar-refractivity contribution is 6.41. The van der Waals surface area contributed by atoms with E-state index in [0.717, 1.165) is 16.3 Å². The van der Waals surface area contributed by atoms with Gasteiger partial charge in [0.1, 0.15) is 17.3 Å². The predicted molar refractivity (Wildman–Crippen MR) is 162 cm³/mol. The molecule has 5 rings (SSSR count). The van der Waals surface area contributed by atoms with Gasteiger partial charge >= 0.3 is 0 Å². The molecule has 1 amide bonds. The second kappa shape index (κ2) is 11.7. The second-order valence-corrected chi connectivity index (χ2v) is 9.42. The molecule has 0 saturated carbocycles. The van der Waals surface area contributed by atoms with E-state index in [1.165, 1.54) is 20.3 Å². The van der Waals surface area contributed by atoms with E-state index in [1.54, 1.807) is 18.3 Å². The lowest BCUT2D eigenvalue weighted by atomic mass is 10.0. The standard InChI is InChI=1S/C31H24Cl2N4O3/c1-4-27(38)36-22-13-9-8-12-21(22)35-26-15-20-19(17-34-26)14-23(37-31(20)18-10-6-5-7-11-18)28-29(32)24(39-2)16-25(40-3)30(28)33/h4-17H,1H2,2-3H3,(H,34,35)(H,36,38). The summed E-state index contributed by atoms with van der Waals surface area (Å²) >= 11 is 13.5. The molecule has 0 aliphatic carbocycles. The Morgan fingerprint density at radius 1 is 0.900 bits per heavy atom. The molecular formula is C31H24Cl2N4O3. The number of methoxy groups -OCH3 is 2. The van der Waals surface area contributed by atoms with Crippen molar-refractivity contribution in [3.63, 3.8) is 0 Å². The van der Waals surface area contributed by atoms with Crippen LogP contribution in [0.5, 0.6) is 11.5 Å². The van der Waals surface area contributed by atoms with Gasteiger partial charge < -0.3 is 20.1 Å². The van der Waals surface area contributed by atoms with Crippen LogP contribution < -0.4 is 20.1 Å². The minimum absolute atomic E-state index is 0.310. The number of halogens is 2. The summed E-state index contributed by atoms with van der Waals surface area (Å²) in [5.41, 5.74) is 3.92. The maximum Gasteiger partial charge on any atom is 0.247 e. The van der Waals surface area contributed by atoms with Crippen molar-refractivity contribution in [3.8, 4) is 34.0 Å². The summed E-state index contributed by atoms with van der Waals surface area (Å²) in [6.07, 6.45) is 2.97. The average Bonchev–Trinajstić information content (AvgIpc) is 2.98. The normalized spacial score (nSPS) is 10.7. The number of benzene rings is 3. The second-order valence-electron chi connectivity index (χ2n) is 8.66. The Morgan fingerprint density at radius 2 is 1.55 bits per heavy atom. The summed E-state index contributed by atoms with van der Waals surface area (Å²) in [5.74, 6) is 1.09. The van der Waals surface area contributed by atoms with Crippen molar-refractivity contribution in [2.24, 2.45) is 0 Å². The summed E-state index contributed by atoms with van der Waals surface area (Å²) < 4.78 is 10.9. The summed E-state index contributed by atoms with van der Waals surface area (Å²) in [6.45, 7) is 3.52. The molecule has 2 aromatic heterocycles. The highest BCUT2D eigenvalue weighted by Crippen LogP contribution is 2.46. The number of nitrogens with one attached hydrogen (secondary N) is 2. The van der Waals surface area contributed by atoms with Gasteiger partial charge in [0.25, 0.3) is 0 Å². The third-order valence-electron chi connectivity index (χ3n) is 6.22. The van der Waals surface area contributed by atoms with Crippen LogP contribution in [0.25, 0.3) is 33.3 Å². The van der Waals surface area contributed by atoms with Gasteiger partial charge in [0.2, 0.25) is 5.91 Å². The smallest absolute Gasteiger partial charge is 0.247 e. The Labute approximate surface area is 241 Å². The highest BCUT2D eigenvalue weighted by Gasteiger charge is 2.22. The number of carbonyl (C=O) groups excluding carboxylic acids is 1. The molecule has 9 heteroatoms. The largest absolute Gasteiger partial charge is 0.495 e. The lowest BCUT2D eigenvalue weighted by Crippen LogP contribution is -2.09. The lowest BCUT2D eigenvalue weighted by molar-refractivity contribution is -0.111. The molecule has 5 aromatic rings. The molecule has 7 nitrogen and oxygen atoms in total. The first-order chi connectivity index (χ1) is 19.4. The molecule has 0 aliphatic heterocycles. The van der Waals surface area contributed by atoms with E-state index < -0.39 is 0 Å². The number of nitrogens with zero attached hydrogens (tertiary/aromatic N) is 2. The van der Waals surface area contributed by atoms with E-state index in [4.69, 9.17) is 37.7 Å². The molecule has 0 unspecified atom stereocenters. The van der Waals surface area contributed by atoms with Gasteiger partial charge in [-0.1, -0.05) is 72.2 Å². The SMILES string of the molecule is C=CC(=O)Nc1ccccc1Nc1cc2c(-c3ccccc3)nc(-c3c(Cl)c(OC)cc(OC)c3Cl)cc2cn1. The summed E-state index contributed by atoms with van der Waals surface area (Å²) in [4.78, 5) is 21.6. The van der Waals surface area contributed by atoms with Gasteiger partial charge in [-0.05, 0) is 30.3 Å². The summed E-state index contributed by atoms with van der Waals surface area (Å²) in [5, 5.41) is 8.42. The third kappa shape index (κ3) is 5.30. The molecule has 0 spiro atoms. The van der Waals surface area contributed by atoms with E-state index in [2.05, 4.69) is 22.2 Å². The minimum atomic E-state index is -0.310. The van der Waals surface area contributed by atoms with Gasteiger partial charge in [0.15, 0.2) is 0 Å². The molecular weight excluding hydrogens is 547 g/mol. The van der Waals surface area contributed by atoms with Crippen LogP contribution in [-0.2, 0) is 4.79 Å². The van der Waals surface area contributed by atoms with Crippen LogP contribution in [0.3, 0.4) is 0 Å². The van der Waals surface area contributed by atoms with Crippen molar-refractivity contribution in [1.29, 1.82) is 0 Å². The number of anilines is 3. The van der Waals surface area contributed by atoms with Crippen LogP contribution in [0, 0.1) is 0 Å². The van der Waals surface area contributed by atoms with Gasteiger partial charge in [0, 0.05) is 34.2 Å². The van der Waals surface area contributed by atoms with Gasteiger partial charge in [-0.25, -0.2) is 9.97 Å². The molecule has 200 valence electrons. The fourth-order valence-corrected chi connectivity index (χ4v) is 4.99. The molecule has 2 heterocycles. The molecule has 0 atom stereocenters. The molecule has 40 heavy (non-hydrogen) atoms. The molecule has 2 N–H and O–H groups in total. The topological polar surface area (TPSA) is 85.4 Å². The predicted octanol–water partition coefficient (Wildman–Crippen LogP) is 8.16. The molecule has 0 aliphatic rings. The lowest BCUT2D eigenvalue weighted by Gasteiger charge is -2.17. The molecule has 0 fully saturated rings. The quantitative estimate of drug-likeness (QED) is 0.183. The number of para-hydroxylation sites is 2. The Balaban J connectivity index is 1.68. The Hall–Kier alpha value is -4.59. The third-order valence-corrected chi connectivity index (χ3v) is 6.97. The first-order valence-corrected chi connectivity index (χ1v) is 12.9. The van der Waals surface area contributed by atoms with Crippen LogP contribution >= 0.6 is 23.2 Å². The maximum absolute atomic E-state index is 11.9. The zero-order valence-electron chi connectivity index (χ0n) is 21.7.